The monoisotopic (exact) mass is 383 g/mol. The number of hydrogen-bond donors (Lipinski definition) is 0. The standard InChI is InChI=1S/C18H21N7OS/c1-12-16(27-11-19-12)18(26)24-9-5-13(6-10-24)17-21-20-14-3-4-15(22-25(14)17)23-7-2-8-23/h3-4,11,13H,2,5-10H2,1H3. The van der Waals surface area contributed by atoms with Gasteiger partial charge in [0.1, 0.15) is 10.7 Å². The van der Waals surface area contributed by atoms with Crippen LogP contribution in [0.3, 0.4) is 0 Å². The highest BCUT2D eigenvalue weighted by Crippen LogP contribution is 2.29. The first-order valence-electron chi connectivity index (χ1n) is 9.37. The molecule has 2 saturated heterocycles. The second-order valence-electron chi connectivity index (χ2n) is 7.19. The minimum absolute atomic E-state index is 0.0951. The Kier molecular flexibility index (Phi) is 4.04. The molecule has 27 heavy (non-hydrogen) atoms. The van der Waals surface area contributed by atoms with E-state index in [2.05, 4.69) is 20.1 Å². The summed E-state index contributed by atoms with van der Waals surface area (Å²) in [5.41, 5.74) is 3.34. The fraction of sp³-hybridized carbons (Fsp3) is 0.500. The second-order valence-corrected chi connectivity index (χ2v) is 8.05. The van der Waals surface area contributed by atoms with Crippen LogP contribution in [0.5, 0.6) is 0 Å². The molecule has 5 rings (SSSR count). The van der Waals surface area contributed by atoms with Gasteiger partial charge in [-0.15, -0.1) is 26.6 Å². The molecule has 0 N–H and O–H groups in total. The second kappa shape index (κ2) is 6.56. The summed E-state index contributed by atoms with van der Waals surface area (Å²) in [5.74, 6) is 2.26. The largest absolute Gasteiger partial charge is 0.355 e. The molecular formula is C18H21N7OS. The van der Waals surface area contributed by atoms with Crippen molar-refractivity contribution in [2.45, 2.75) is 32.1 Å². The number of anilines is 1. The van der Waals surface area contributed by atoms with Gasteiger partial charge in [0.15, 0.2) is 11.5 Å². The highest BCUT2D eigenvalue weighted by atomic mass is 32.1. The predicted molar refractivity (Wildman–Crippen MR) is 102 cm³/mol. The Morgan fingerprint density at radius 3 is 2.63 bits per heavy atom. The van der Waals surface area contributed by atoms with E-state index in [1.165, 1.54) is 17.8 Å². The lowest BCUT2D eigenvalue weighted by molar-refractivity contribution is 0.0714. The van der Waals surface area contributed by atoms with E-state index in [-0.39, 0.29) is 11.8 Å². The molecule has 3 aromatic rings. The van der Waals surface area contributed by atoms with Crippen LogP contribution in [0.15, 0.2) is 17.6 Å². The zero-order valence-electron chi connectivity index (χ0n) is 15.2. The van der Waals surface area contributed by atoms with Gasteiger partial charge in [0.05, 0.1) is 11.2 Å². The van der Waals surface area contributed by atoms with Crippen LogP contribution in [0.25, 0.3) is 5.65 Å². The highest BCUT2D eigenvalue weighted by Gasteiger charge is 2.29. The summed E-state index contributed by atoms with van der Waals surface area (Å²) in [6.07, 6.45) is 2.97. The lowest BCUT2D eigenvalue weighted by Gasteiger charge is -2.32. The number of likely N-dealkylation sites (tertiary alicyclic amines) is 1. The minimum atomic E-state index is 0.0951. The van der Waals surface area contributed by atoms with Crippen LogP contribution in [0.2, 0.25) is 0 Å². The van der Waals surface area contributed by atoms with E-state index in [1.807, 2.05) is 28.5 Å². The van der Waals surface area contributed by atoms with E-state index in [0.29, 0.717) is 0 Å². The zero-order chi connectivity index (χ0) is 18.4. The van der Waals surface area contributed by atoms with Crippen LogP contribution < -0.4 is 4.90 Å². The molecular weight excluding hydrogens is 362 g/mol. The van der Waals surface area contributed by atoms with Gasteiger partial charge in [-0.1, -0.05) is 0 Å². The van der Waals surface area contributed by atoms with Crippen molar-refractivity contribution >= 4 is 28.7 Å². The smallest absolute Gasteiger partial charge is 0.265 e. The maximum Gasteiger partial charge on any atom is 0.265 e. The Labute approximate surface area is 160 Å². The van der Waals surface area contributed by atoms with Gasteiger partial charge in [-0.2, -0.15) is 4.52 Å². The summed E-state index contributed by atoms with van der Waals surface area (Å²) >= 11 is 1.42. The van der Waals surface area contributed by atoms with E-state index in [1.54, 1.807) is 5.51 Å². The minimum Gasteiger partial charge on any atom is -0.355 e. The molecule has 2 fully saturated rings. The van der Waals surface area contributed by atoms with Crippen LogP contribution in [0, 0.1) is 6.92 Å². The normalized spacial score (nSPS) is 18.1. The van der Waals surface area contributed by atoms with Crippen molar-refractivity contribution in [2.24, 2.45) is 0 Å². The average molecular weight is 383 g/mol. The molecule has 0 aromatic carbocycles. The van der Waals surface area contributed by atoms with Crippen molar-refractivity contribution in [2.75, 3.05) is 31.1 Å². The van der Waals surface area contributed by atoms with Crippen molar-refractivity contribution in [3.8, 4) is 0 Å². The van der Waals surface area contributed by atoms with Gasteiger partial charge in [0.2, 0.25) is 0 Å². The number of carbonyl (C=O) groups is 1. The molecule has 0 saturated carbocycles. The molecule has 0 unspecified atom stereocenters. The molecule has 140 valence electrons. The van der Waals surface area contributed by atoms with E-state index < -0.39 is 0 Å². The van der Waals surface area contributed by atoms with Gasteiger partial charge in [-0.05, 0) is 38.3 Å². The van der Waals surface area contributed by atoms with Crippen molar-refractivity contribution in [1.82, 2.24) is 29.7 Å². The SMILES string of the molecule is Cc1ncsc1C(=O)N1CCC(c2nnc3ccc(N4CCC4)nn23)CC1. The zero-order valence-corrected chi connectivity index (χ0v) is 16.0. The van der Waals surface area contributed by atoms with E-state index in [4.69, 9.17) is 5.10 Å². The van der Waals surface area contributed by atoms with E-state index >= 15 is 0 Å². The molecule has 8 nitrogen and oxygen atoms in total. The fourth-order valence-corrected chi connectivity index (χ4v) is 4.53. The lowest BCUT2D eigenvalue weighted by Crippen LogP contribution is -2.38. The van der Waals surface area contributed by atoms with Crippen molar-refractivity contribution in [1.29, 1.82) is 0 Å². The number of aryl methyl sites for hydroxylation is 1. The summed E-state index contributed by atoms with van der Waals surface area (Å²) in [5, 5.41) is 13.5. The molecule has 0 atom stereocenters. The summed E-state index contributed by atoms with van der Waals surface area (Å²) in [6.45, 7) is 5.46. The number of nitrogens with zero attached hydrogens (tertiary/aromatic N) is 7. The summed E-state index contributed by atoms with van der Waals surface area (Å²) in [6, 6.07) is 4.01. The number of thiazole rings is 1. The first-order valence-corrected chi connectivity index (χ1v) is 10.3. The molecule has 3 aromatic heterocycles. The Morgan fingerprint density at radius 2 is 1.96 bits per heavy atom. The topological polar surface area (TPSA) is 79.5 Å². The molecule has 0 aliphatic carbocycles. The van der Waals surface area contributed by atoms with Crippen LogP contribution in [-0.4, -0.2) is 61.8 Å². The number of aromatic nitrogens is 5. The third-order valence-electron chi connectivity index (χ3n) is 5.54. The van der Waals surface area contributed by atoms with Gasteiger partial charge in [-0.25, -0.2) is 4.98 Å². The maximum absolute atomic E-state index is 12.7. The van der Waals surface area contributed by atoms with Crippen LogP contribution in [0.1, 0.15) is 46.4 Å². The van der Waals surface area contributed by atoms with Gasteiger partial charge in [0, 0.05) is 32.1 Å². The Hall–Kier alpha value is -2.55. The molecule has 9 heteroatoms. The maximum atomic E-state index is 12.7. The molecule has 0 bridgehead atoms. The average Bonchev–Trinajstić information content (AvgIpc) is 3.26. The van der Waals surface area contributed by atoms with Gasteiger partial charge in [-0.3, -0.25) is 4.79 Å². The summed E-state index contributed by atoms with van der Waals surface area (Å²) < 4.78 is 1.89. The quantitative estimate of drug-likeness (QED) is 0.689. The van der Waals surface area contributed by atoms with Crippen molar-refractivity contribution in [3.63, 3.8) is 0 Å². The van der Waals surface area contributed by atoms with Crippen LogP contribution >= 0.6 is 11.3 Å². The third kappa shape index (κ3) is 2.86. The van der Waals surface area contributed by atoms with Gasteiger partial charge < -0.3 is 9.80 Å². The summed E-state index contributed by atoms with van der Waals surface area (Å²) in [4.78, 5) is 21.8. The van der Waals surface area contributed by atoms with Gasteiger partial charge in [0.25, 0.3) is 5.91 Å². The number of rotatable bonds is 3. The summed E-state index contributed by atoms with van der Waals surface area (Å²) in [7, 11) is 0. The fourth-order valence-electron chi connectivity index (χ4n) is 3.76. The Bertz CT molecular complexity index is 985. The molecule has 0 radical (unpaired) electrons. The molecule has 5 heterocycles. The highest BCUT2D eigenvalue weighted by molar-refractivity contribution is 7.11. The Balaban J connectivity index is 1.33. The van der Waals surface area contributed by atoms with E-state index in [0.717, 1.165) is 66.9 Å². The third-order valence-corrected chi connectivity index (χ3v) is 6.46. The number of hydrogen-bond acceptors (Lipinski definition) is 7. The number of carbonyl (C=O) groups excluding carboxylic acids is 1. The molecule has 1 amide bonds. The van der Waals surface area contributed by atoms with Gasteiger partial charge >= 0.3 is 0 Å². The van der Waals surface area contributed by atoms with Crippen LogP contribution in [-0.2, 0) is 0 Å². The molecule has 2 aliphatic rings. The number of amides is 1. The first-order chi connectivity index (χ1) is 13.2. The predicted octanol–water partition coefficient (Wildman–Crippen LogP) is 2.12. The van der Waals surface area contributed by atoms with E-state index in [9.17, 15) is 4.79 Å². The molecule has 0 spiro atoms. The van der Waals surface area contributed by atoms with Crippen LogP contribution in [0.4, 0.5) is 5.82 Å². The van der Waals surface area contributed by atoms with Crippen molar-refractivity contribution in [3.05, 3.63) is 34.0 Å². The molecule has 2 aliphatic heterocycles. The Morgan fingerprint density at radius 1 is 1.15 bits per heavy atom. The van der Waals surface area contributed by atoms with Crippen molar-refractivity contribution < 1.29 is 4.79 Å². The lowest BCUT2D eigenvalue weighted by atomic mass is 9.96. The first kappa shape index (κ1) is 16.6. The number of fused-ring (bicyclic) bond motifs is 1. The number of piperidine rings is 1.